The molecule has 1 heterocycles. The van der Waals surface area contributed by atoms with E-state index < -0.39 is 18.3 Å². The Morgan fingerprint density at radius 1 is 1.48 bits per heavy atom. The van der Waals surface area contributed by atoms with E-state index in [-0.39, 0.29) is 23.3 Å². The summed E-state index contributed by atoms with van der Waals surface area (Å²) in [5.74, 6) is -0.755. The fraction of sp³-hybridized carbons (Fsp3) is 0.273. The Morgan fingerprint density at radius 2 is 2.14 bits per heavy atom. The third kappa shape index (κ3) is 4.73. The normalized spacial score (nSPS) is 12.6. The molecule has 0 radical (unpaired) electrons. The van der Waals surface area contributed by atoms with Gasteiger partial charge in [-0.2, -0.15) is 0 Å². The summed E-state index contributed by atoms with van der Waals surface area (Å²) in [5, 5.41) is 2.75. The summed E-state index contributed by atoms with van der Waals surface area (Å²) in [7, 11) is 0. The van der Waals surface area contributed by atoms with Gasteiger partial charge in [-0.3, -0.25) is 4.79 Å². The molecule has 21 heavy (non-hydrogen) atoms. The fourth-order valence-corrected chi connectivity index (χ4v) is 2.27. The van der Waals surface area contributed by atoms with Crippen LogP contribution in [0.2, 0.25) is 0 Å². The van der Waals surface area contributed by atoms with Crippen molar-refractivity contribution in [3.8, 4) is 5.75 Å². The maximum atomic E-state index is 12.1. The summed E-state index contributed by atoms with van der Waals surface area (Å²) in [6, 6.07) is 3.05. The maximum Gasteiger partial charge on any atom is 0.573 e. The highest BCUT2D eigenvalue weighted by atomic mass is 35.5. The largest absolute Gasteiger partial charge is 0.573 e. The van der Waals surface area contributed by atoms with Crippen LogP contribution in [0.4, 0.5) is 18.3 Å². The Hall–Kier alpha value is -1.58. The molecule has 0 aliphatic rings. The van der Waals surface area contributed by atoms with E-state index in [0.29, 0.717) is 10.2 Å². The summed E-state index contributed by atoms with van der Waals surface area (Å²) < 4.78 is 40.6. The van der Waals surface area contributed by atoms with Crippen LogP contribution in [0.5, 0.6) is 5.75 Å². The third-order valence-corrected chi connectivity index (χ3v) is 3.17. The van der Waals surface area contributed by atoms with Gasteiger partial charge in [0, 0.05) is 6.07 Å². The number of benzene rings is 1. The molecule has 0 unspecified atom stereocenters. The Kier molecular flexibility index (Phi) is 5.37. The molecule has 0 fully saturated rings. The van der Waals surface area contributed by atoms with Gasteiger partial charge in [0.25, 0.3) is 0 Å². The second-order valence-electron chi connectivity index (χ2n) is 3.97. The molecule has 1 aromatic heterocycles. The lowest BCUT2D eigenvalue weighted by Crippen LogP contribution is -2.32. The number of nitrogens with two attached hydrogens (primary N) is 1. The van der Waals surface area contributed by atoms with Gasteiger partial charge in [0.2, 0.25) is 5.91 Å². The average molecular weight is 342 g/mol. The van der Waals surface area contributed by atoms with Gasteiger partial charge in [-0.25, -0.2) is 4.98 Å². The highest BCUT2D eigenvalue weighted by Crippen LogP contribution is 2.31. The Bertz CT molecular complexity index is 645. The summed E-state index contributed by atoms with van der Waals surface area (Å²) >= 11 is 1.04. The second-order valence-corrected chi connectivity index (χ2v) is 5.00. The molecule has 2 aromatic rings. The Labute approximate surface area is 127 Å². The minimum Gasteiger partial charge on any atom is -0.406 e. The van der Waals surface area contributed by atoms with Gasteiger partial charge in [0.15, 0.2) is 5.13 Å². The summed E-state index contributed by atoms with van der Waals surface area (Å²) in [6.45, 7) is 1.51. The van der Waals surface area contributed by atoms with E-state index in [1.165, 1.54) is 19.1 Å². The number of alkyl halides is 3. The van der Waals surface area contributed by atoms with Crippen LogP contribution in [-0.2, 0) is 4.79 Å². The van der Waals surface area contributed by atoms with Crippen LogP contribution in [0.25, 0.3) is 10.2 Å². The third-order valence-electron chi connectivity index (χ3n) is 2.24. The first-order valence-electron chi connectivity index (χ1n) is 5.47. The number of nitrogens with one attached hydrogen (secondary N) is 1. The predicted octanol–water partition coefficient (Wildman–Crippen LogP) is 2.90. The van der Waals surface area contributed by atoms with Crippen molar-refractivity contribution in [3.63, 3.8) is 0 Å². The van der Waals surface area contributed by atoms with Crippen molar-refractivity contribution < 1.29 is 22.7 Å². The average Bonchev–Trinajstić information content (AvgIpc) is 2.68. The van der Waals surface area contributed by atoms with Crippen molar-refractivity contribution in [1.82, 2.24) is 4.98 Å². The molecule has 5 nitrogen and oxygen atoms in total. The number of carbonyl (C=O) groups is 1. The number of rotatable bonds is 3. The Balaban J connectivity index is 0.00000220. The summed E-state index contributed by atoms with van der Waals surface area (Å²) in [5.41, 5.74) is 5.85. The number of nitrogens with zero attached hydrogens (tertiary/aromatic N) is 1. The van der Waals surface area contributed by atoms with Crippen molar-refractivity contribution in [2.24, 2.45) is 5.73 Å². The van der Waals surface area contributed by atoms with Crippen LogP contribution in [0.3, 0.4) is 0 Å². The number of hydrogen-bond acceptors (Lipinski definition) is 5. The smallest absolute Gasteiger partial charge is 0.406 e. The first kappa shape index (κ1) is 17.5. The first-order chi connectivity index (χ1) is 9.24. The summed E-state index contributed by atoms with van der Waals surface area (Å²) in [4.78, 5) is 15.5. The number of thiazole rings is 1. The topological polar surface area (TPSA) is 77.2 Å². The molecule has 10 heteroatoms. The second kappa shape index (κ2) is 6.46. The highest BCUT2D eigenvalue weighted by Gasteiger charge is 2.31. The van der Waals surface area contributed by atoms with Gasteiger partial charge in [-0.05, 0) is 19.1 Å². The van der Waals surface area contributed by atoms with Crippen LogP contribution < -0.4 is 15.8 Å². The van der Waals surface area contributed by atoms with Crippen molar-refractivity contribution in [2.45, 2.75) is 19.3 Å². The predicted molar refractivity (Wildman–Crippen MR) is 75.8 cm³/mol. The van der Waals surface area contributed by atoms with Gasteiger partial charge in [-0.15, -0.1) is 25.6 Å². The lowest BCUT2D eigenvalue weighted by atomic mass is 10.3. The molecular formula is C11H11ClF3N3O2S. The molecule has 1 atom stereocenters. The number of fused-ring (bicyclic) bond motifs is 1. The van der Waals surface area contributed by atoms with E-state index in [2.05, 4.69) is 15.0 Å². The van der Waals surface area contributed by atoms with Crippen molar-refractivity contribution in [3.05, 3.63) is 18.2 Å². The van der Waals surface area contributed by atoms with Gasteiger partial charge >= 0.3 is 6.36 Å². The molecule has 116 valence electrons. The number of aromatic nitrogens is 1. The zero-order chi connectivity index (χ0) is 14.9. The lowest BCUT2D eigenvalue weighted by molar-refractivity contribution is -0.274. The fourth-order valence-electron chi connectivity index (χ4n) is 1.37. The van der Waals surface area contributed by atoms with Crippen molar-refractivity contribution in [1.29, 1.82) is 0 Å². The lowest BCUT2D eigenvalue weighted by Gasteiger charge is -2.07. The van der Waals surface area contributed by atoms with Crippen LogP contribution in [0.15, 0.2) is 18.2 Å². The molecule has 0 bridgehead atoms. The number of anilines is 1. The van der Waals surface area contributed by atoms with E-state index in [9.17, 15) is 18.0 Å². The quantitative estimate of drug-likeness (QED) is 0.900. The van der Waals surface area contributed by atoms with E-state index >= 15 is 0 Å². The van der Waals surface area contributed by atoms with Gasteiger partial charge in [0.1, 0.15) is 5.75 Å². The van der Waals surface area contributed by atoms with E-state index in [1.54, 1.807) is 0 Å². The zero-order valence-electron chi connectivity index (χ0n) is 10.6. The number of halogens is 4. The number of ether oxygens (including phenoxy) is 1. The van der Waals surface area contributed by atoms with Crippen LogP contribution in [0.1, 0.15) is 6.92 Å². The SMILES string of the molecule is C[C@H](N)C(=O)Nc1nc2ccc(OC(F)(F)F)cc2s1.Cl. The molecule has 0 aliphatic heterocycles. The minimum absolute atomic E-state index is 0. The van der Waals surface area contributed by atoms with Crippen molar-refractivity contribution >= 4 is 45.0 Å². The highest BCUT2D eigenvalue weighted by molar-refractivity contribution is 7.22. The van der Waals surface area contributed by atoms with Crippen molar-refractivity contribution in [2.75, 3.05) is 5.32 Å². The van der Waals surface area contributed by atoms with Gasteiger partial charge < -0.3 is 15.8 Å². The zero-order valence-corrected chi connectivity index (χ0v) is 12.2. The molecule has 0 aliphatic carbocycles. The number of carbonyl (C=O) groups excluding carboxylic acids is 1. The van der Waals surface area contributed by atoms with E-state index in [4.69, 9.17) is 5.73 Å². The number of amides is 1. The molecule has 0 saturated carbocycles. The van der Waals surface area contributed by atoms with E-state index in [0.717, 1.165) is 17.4 Å². The molecule has 2 rings (SSSR count). The summed E-state index contributed by atoms with van der Waals surface area (Å²) in [6.07, 6.45) is -4.75. The van der Waals surface area contributed by atoms with E-state index in [1.807, 2.05) is 0 Å². The molecular weight excluding hydrogens is 331 g/mol. The Morgan fingerprint density at radius 3 is 2.71 bits per heavy atom. The molecule has 0 saturated heterocycles. The first-order valence-corrected chi connectivity index (χ1v) is 6.29. The standard InChI is InChI=1S/C11H10F3N3O2S.ClH/c1-5(15)9(18)17-10-16-7-3-2-6(4-8(7)20-10)19-11(12,13)14;/h2-5H,15H2,1H3,(H,16,17,18);1H/t5-;/m0./s1. The van der Waals surface area contributed by atoms with Crippen LogP contribution >= 0.6 is 23.7 Å². The van der Waals surface area contributed by atoms with Gasteiger partial charge in [0.05, 0.1) is 16.3 Å². The molecule has 3 N–H and O–H groups in total. The molecule has 1 aromatic carbocycles. The van der Waals surface area contributed by atoms with Gasteiger partial charge in [-0.1, -0.05) is 11.3 Å². The number of hydrogen-bond donors (Lipinski definition) is 2. The molecule has 0 spiro atoms. The van der Waals surface area contributed by atoms with Crippen LogP contribution in [-0.4, -0.2) is 23.3 Å². The maximum absolute atomic E-state index is 12.1. The molecule has 1 amide bonds. The minimum atomic E-state index is -4.75. The van der Waals surface area contributed by atoms with Crippen LogP contribution in [0, 0.1) is 0 Å². The monoisotopic (exact) mass is 341 g/mol.